The lowest BCUT2D eigenvalue weighted by molar-refractivity contribution is 0.152. The fourth-order valence-electron chi connectivity index (χ4n) is 2.63. The maximum atomic E-state index is 4.41. The normalized spacial score (nSPS) is 19.1. The molecule has 1 unspecified atom stereocenters. The molecule has 0 radical (unpaired) electrons. The summed E-state index contributed by atoms with van der Waals surface area (Å²) in [7, 11) is 2.20. The number of aromatic nitrogens is 2. The Hall–Kier alpha value is -1.04. The molecule has 1 aromatic heterocycles. The Balaban J connectivity index is 1.65. The molecule has 1 aromatic rings. The first kappa shape index (κ1) is 15.4. The van der Waals surface area contributed by atoms with Crippen molar-refractivity contribution in [3.8, 4) is 0 Å². The molecule has 0 amide bonds. The van der Waals surface area contributed by atoms with Gasteiger partial charge in [-0.1, -0.05) is 0 Å². The lowest BCUT2D eigenvalue weighted by atomic mass is 10.2. The van der Waals surface area contributed by atoms with Gasteiger partial charge in [0, 0.05) is 44.6 Å². The molecule has 5 heteroatoms. The maximum Gasteiger partial charge on any atom is 0.0782 e. The molecular weight excluding hydrogens is 250 g/mol. The fraction of sp³-hybridized carbons (Fsp3) is 0.733. The molecule has 1 fully saturated rings. The molecule has 1 N–H and O–H groups in total. The van der Waals surface area contributed by atoms with Crippen molar-refractivity contribution in [2.75, 3.05) is 46.3 Å². The maximum absolute atomic E-state index is 4.41. The Labute approximate surface area is 122 Å². The molecule has 0 bridgehead atoms. The number of hydrogen-bond donors (Lipinski definition) is 1. The highest BCUT2D eigenvalue weighted by molar-refractivity contribution is 5.12. The number of nitrogens with one attached hydrogen (secondary N) is 1. The zero-order valence-corrected chi connectivity index (χ0v) is 13.0. The molecule has 1 saturated heterocycles. The molecule has 112 valence electrons. The van der Waals surface area contributed by atoms with Gasteiger partial charge < -0.3 is 15.1 Å². The average Bonchev–Trinajstić information content (AvgIpc) is 2.46. The first-order chi connectivity index (χ1) is 9.66. The van der Waals surface area contributed by atoms with E-state index in [4.69, 9.17) is 0 Å². The van der Waals surface area contributed by atoms with Crippen molar-refractivity contribution >= 4 is 0 Å². The monoisotopic (exact) mass is 277 g/mol. The summed E-state index contributed by atoms with van der Waals surface area (Å²) < 4.78 is 0. The Kier molecular flexibility index (Phi) is 5.88. The van der Waals surface area contributed by atoms with Gasteiger partial charge in [0.05, 0.1) is 11.4 Å². The minimum absolute atomic E-state index is 0.274. The summed E-state index contributed by atoms with van der Waals surface area (Å²) >= 11 is 0. The van der Waals surface area contributed by atoms with Crippen LogP contribution in [-0.4, -0.2) is 66.1 Å². The third kappa shape index (κ3) is 4.51. The lowest BCUT2D eigenvalue weighted by Gasteiger charge is -2.32. The zero-order valence-electron chi connectivity index (χ0n) is 13.0. The van der Waals surface area contributed by atoms with Gasteiger partial charge in [0.2, 0.25) is 0 Å². The van der Waals surface area contributed by atoms with Crippen LogP contribution in [0.3, 0.4) is 0 Å². The van der Waals surface area contributed by atoms with Crippen LogP contribution in [0, 0.1) is 6.92 Å². The number of likely N-dealkylation sites (N-methyl/N-ethyl adjacent to an activating group) is 1. The number of aryl methyl sites for hydroxylation is 1. The van der Waals surface area contributed by atoms with E-state index < -0.39 is 0 Å². The van der Waals surface area contributed by atoms with Gasteiger partial charge in [-0.05, 0) is 40.4 Å². The van der Waals surface area contributed by atoms with Crippen LogP contribution < -0.4 is 5.32 Å². The Morgan fingerprint density at radius 1 is 1.20 bits per heavy atom. The van der Waals surface area contributed by atoms with Crippen LogP contribution >= 0.6 is 0 Å². The molecule has 0 saturated carbocycles. The predicted molar refractivity (Wildman–Crippen MR) is 81.7 cm³/mol. The van der Waals surface area contributed by atoms with Crippen LogP contribution in [0.25, 0.3) is 0 Å². The lowest BCUT2D eigenvalue weighted by Crippen LogP contribution is -2.45. The van der Waals surface area contributed by atoms with E-state index in [0.29, 0.717) is 0 Å². The standard InChI is InChI=1S/C15H27N5/c1-13(15-14(2)17-6-7-18-15)16-5-4-8-20-11-9-19(3)10-12-20/h6-7,13,16H,4-5,8-12H2,1-3H3. The molecule has 2 heterocycles. The van der Waals surface area contributed by atoms with E-state index in [0.717, 1.165) is 17.9 Å². The molecule has 2 rings (SSSR count). The minimum Gasteiger partial charge on any atom is -0.309 e. The van der Waals surface area contributed by atoms with Gasteiger partial charge >= 0.3 is 0 Å². The van der Waals surface area contributed by atoms with Crippen LogP contribution in [0.2, 0.25) is 0 Å². The molecule has 0 aromatic carbocycles. The fourth-order valence-corrected chi connectivity index (χ4v) is 2.63. The van der Waals surface area contributed by atoms with Gasteiger partial charge in [0.25, 0.3) is 0 Å². The van der Waals surface area contributed by atoms with Crippen molar-refractivity contribution in [2.24, 2.45) is 0 Å². The molecular formula is C15H27N5. The third-order valence-corrected chi connectivity index (χ3v) is 4.03. The summed E-state index contributed by atoms with van der Waals surface area (Å²) in [5, 5.41) is 3.55. The highest BCUT2D eigenvalue weighted by Crippen LogP contribution is 2.11. The second-order valence-electron chi connectivity index (χ2n) is 5.70. The van der Waals surface area contributed by atoms with E-state index in [-0.39, 0.29) is 6.04 Å². The summed E-state index contributed by atoms with van der Waals surface area (Å²) in [6.45, 7) is 11.2. The van der Waals surface area contributed by atoms with Gasteiger partial charge in [-0.3, -0.25) is 9.97 Å². The number of rotatable bonds is 6. The van der Waals surface area contributed by atoms with E-state index in [9.17, 15) is 0 Å². The molecule has 1 atom stereocenters. The van der Waals surface area contributed by atoms with Crippen LogP contribution in [0.1, 0.15) is 30.8 Å². The minimum atomic E-state index is 0.274. The van der Waals surface area contributed by atoms with E-state index >= 15 is 0 Å². The molecule has 0 spiro atoms. The second-order valence-corrected chi connectivity index (χ2v) is 5.70. The van der Waals surface area contributed by atoms with Gasteiger partial charge in [0.1, 0.15) is 0 Å². The van der Waals surface area contributed by atoms with Crippen molar-refractivity contribution in [3.05, 3.63) is 23.8 Å². The molecule has 20 heavy (non-hydrogen) atoms. The highest BCUT2D eigenvalue weighted by Gasteiger charge is 2.13. The van der Waals surface area contributed by atoms with Crippen molar-refractivity contribution in [3.63, 3.8) is 0 Å². The summed E-state index contributed by atoms with van der Waals surface area (Å²) in [4.78, 5) is 13.7. The first-order valence-electron chi connectivity index (χ1n) is 7.58. The highest BCUT2D eigenvalue weighted by atomic mass is 15.2. The summed E-state index contributed by atoms with van der Waals surface area (Å²) in [5.41, 5.74) is 2.08. The van der Waals surface area contributed by atoms with Crippen molar-refractivity contribution in [1.82, 2.24) is 25.1 Å². The third-order valence-electron chi connectivity index (χ3n) is 4.03. The second kappa shape index (κ2) is 7.67. The predicted octanol–water partition coefficient (Wildman–Crippen LogP) is 1.07. The van der Waals surface area contributed by atoms with Crippen molar-refractivity contribution < 1.29 is 0 Å². The SMILES string of the molecule is Cc1nccnc1C(C)NCCCN1CCN(C)CC1. The quantitative estimate of drug-likeness (QED) is 0.788. The van der Waals surface area contributed by atoms with Crippen LogP contribution in [0.5, 0.6) is 0 Å². The summed E-state index contributed by atoms with van der Waals surface area (Å²) in [6.07, 6.45) is 4.71. The average molecular weight is 277 g/mol. The first-order valence-corrected chi connectivity index (χ1v) is 7.58. The summed E-state index contributed by atoms with van der Waals surface area (Å²) in [6, 6.07) is 0.274. The molecule has 1 aliphatic rings. The van der Waals surface area contributed by atoms with Crippen LogP contribution in [0.15, 0.2) is 12.4 Å². The molecule has 1 aliphatic heterocycles. The zero-order chi connectivity index (χ0) is 14.4. The van der Waals surface area contributed by atoms with E-state index in [1.165, 1.54) is 39.1 Å². The van der Waals surface area contributed by atoms with E-state index in [1.807, 2.05) is 6.92 Å². The molecule has 0 aliphatic carbocycles. The van der Waals surface area contributed by atoms with Crippen molar-refractivity contribution in [2.45, 2.75) is 26.3 Å². The van der Waals surface area contributed by atoms with Gasteiger partial charge in [-0.15, -0.1) is 0 Å². The number of hydrogen-bond acceptors (Lipinski definition) is 5. The number of piperazine rings is 1. The van der Waals surface area contributed by atoms with E-state index in [1.54, 1.807) is 12.4 Å². The number of nitrogens with zero attached hydrogens (tertiary/aromatic N) is 4. The smallest absolute Gasteiger partial charge is 0.0782 e. The molecule has 5 nitrogen and oxygen atoms in total. The van der Waals surface area contributed by atoms with Gasteiger partial charge in [0.15, 0.2) is 0 Å². The van der Waals surface area contributed by atoms with Crippen molar-refractivity contribution in [1.29, 1.82) is 0 Å². The largest absolute Gasteiger partial charge is 0.309 e. The van der Waals surface area contributed by atoms with Crippen LogP contribution in [-0.2, 0) is 0 Å². The Morgan fingerprint density at radius 3 is 2.60 bits per heavy atom. The van der Waals surface area contributed by atoms with Crippen LogP contribution in [0.4, 0.5) is 0 Å². The van der Waals surface area contributed by atoms with Gasteiger partial charge in [-0.2, -0.15) is 0 Å². The summed E-state index contributed by atoms with van der Waals surface area (Å²) in [5.74, 6) is 0. The van der Waals surface area contributed by atoms with E-state index in [2.05, 4.69) is 39.1 Å². The Morgan fingerprint density at radius 2 is 1.90 bits per heavy atom. The topological polar surface area (TPSA) is 44.3 Å². The Bertz CT molecular complexity index is 401. The van der Waals surface area contributed by atoms with Gasteiger partial charge in [-0.25, -0.2) is 0 Å².